The second-order valence-electron chi connectivity index (χ2n) is 5.83. The first-order valence-electron chi connectivity index (χ1n) is 6.94. The molecule has 0 spiro atoms. The fourth-order valence-corrected chi connectivity index (χ4v) is 3.90. The molecule has 2 saturated carbocycles. The number of nitrogens with two attached hydrogens (primary N) is 1. The minimum Gasteiger partial charge on any atom is -0.271 e. The molecule has 2 nitrogen and oxygen atoms in total. The zero-order valence-corrected chi connectivity index (χ0v) is 10.8. The number of hydrazine groups is 1. The van der Waals surface area contributed by atoms with Crippen LogP contribution in [0.3, 0.4) is 0 Å². The van der Waals surface area contributed by atoms with Gasteiger partial charge in [-0.25, -0.2) is 4.39 Å². The molecule has 0 aromatic heterocycles. The normalized spacial score (nSPS) is 31.8. The van der Waals surface area contributed by atoms with E-state index in [1.807, 2.05) is 13.0 Å². The van der Waals surface area contributed by atoms with Crippen LogP contribution in [0.4, 0.5) is 4.39 Å². The Kier molecular flexibility index (Phi) is 3.12. The number of rotatable bonds is 3. The molecule has 2 fully saturated rings. The van der Waals surface area contributed by atoms with Gasteiger partial charge in [0.2, 0.25) is 0 Å². The zero-order valence-electron chi connectivity index (χ0n) is 10.8. The highest BCUT2D eigenvalue weighted by Gasteiger charge is 2.54. The third kappa shape index (κ3) is 1.95. The first kappa shape index (κ1) is 12.1. The van der Waals surface area contributed by atoms with Crippen molar-refractivity contribution in [2.24, 2.45) is 23.6 Å². The lowest BCUT2D eigenvalue weighted by Gasteiger charge is -2.19. The van der Waals surface area contributed by atoms with Gasteiger partial charge in [-0.2, -0.15) is 0 Å². The van der Waals surface area contributed by atoms with Crippen LogP contribution >= 0.6 is 0 Å². The molecule has 0 saturated heterocycles. The Morgan fingerprint density at radius 3 is 2.56 bits per heavy atom. The lowest BCUT2D eigenvalue weighted by molar-refractivity contribution is 0.452. The molecule has 3 heteroatoms. The summed E-state index contributed by atoms with van der Waals surface area (Å²) >= 11 is 0. The molecule has 0 bridgehead atoms. The average Bonchev–Trinajstić information content (AvgIpc) is 3.09. The van der Waals surface area contributed by atoms with Crippen molar-refractivity contribution < 1.29 is 4.39 Å². The Hall–Kier alpha value is -0.930. The molecule has 1 aromatic carbocycles. The van der Waals surface area contributed by atoms with Gasteiger partial charge in [0.05, 0.1) is 0 Å². The Labute approximate surface area is 108 Å². The van der Waals surface area contributed by atoms with E-state index in [2.05, 4.69) is 5.43 Å². The van der Waals surface area contributed by atoms with Crippen molar-refractivity contribution in [2.45, 2.75) is 38.6 Å². The predicted octanol–water partition coefficient (Wildman–Crippen LogP) is 3.07. The summed E-state index contributed by atoms with van der Waals surface area (Å²) in [6.07, 6.45) is 5.33. The number of fused-ring (bicyclic) bond motifs is 1. The number of aryl methyl sites for hydroxylation is 1. The third-order valence-electron chi connectivity index (χ3n) is 4.86. The number of halogens is 1. The molecule has 3 rings (SSSR count). The van der Waals surface area contributed by atoms with E-state index in [9.17, 15) is 4.39 Å². The number of benzene rings is 1. The summed E-state index contributed by atoms with van der Waals surface area (Å²) in [4.78, 5) is 0. The van der Waals surface area contributed by atoms with E-state index in [0.717, 1.165) is 23.0 Å². The summed E-state index contributed by atoms with van der Waals surface area (Å²) in [7, 11) is 0. The molecular weight excluding hydrogens is 227 g/mol. The van der Waals surface area contributed by atoms with Crippen LogP contribution in [0.5, 0.6) is 0 Å². The van der Waals surface area contributed by atoms with Gasteiger partial charge in [0.25, 0.3) is 0 Å². The molecule has 2 aliphatic carbocycles. The molecule has 0 aliphatic heterocycles. The van der Waals surface area contributed by atoms with E-state index in [1.165, 1.54) is 31.7 Å². The van der Waals surface area contributed by atoms with Crippen LogP contribution in [-0.4, -0.2) is 0 Å². The van der Waals surface area contributed by atoms with Gasteiger partial charge in [-0.05, 0) is 60.8 Å². The average molecular weight is 248 g/mol. The van der Waals surface area contributed by atoms with Gasteiger partial charge in [0.1, 0.15) is 5.82 Å². The van der Waals surface area contributed by atoms with Crippen molar-refractivity contribution in [2.75, 3.05) is 0 Å². The van der Waals surface area contributed by atoms with E-state index in [4.69, 9.17) is 5.84 Å². The van der Waals surface area contributed by atoms with Crippen molar-refractivity contribution >= 4 is 0 Å². The molecule has 18 heavy (non-hydrogen) atoms. The largest absolute Gasteiger partial charge is 0.271 e. The molecule has 0 radical (unpaired) electrons. The first-order valence-corrected chi connectivity index (χ1v) is 6.94. The minimum atomic E-state index is -0.167. The van der Waals surface area contributed by atoms with Gasteiger partial charge in [0, 0.05) is 6.04 Å². The van der Waals surface area contributed by atoms with Gasteiger partial charge in [-0.15, -0.1) is 0 Å². The summed E-state index contributed by atoms with van der Waals surface area (Å²) in [6.45, 7) is 2.03. The van der Waals surface area contributed by atoms with Crippen LogP contribution in [0.25, 0.3) is 0 Å². The third-order valence-corrected chi connectivity index (χ3v) is 4.86. The summed E-state index contributed by atoms with van der Waals surface area (Å²) in [6, 6.07) is 5.13. The standard InChI is InChI=1S/C15H21FN2/c1-9-6-7-10(16)8-13(9)15(18-17)14-11-4-2-3-5-12(11)14/h6-8,11-12,14-15,18H,2-5,17H2,1H3. The Morgan fingerprint density at radius 1 is 1.28 bits per heavy atom. The van der Waals surface area contributed by atoms with E-state index < -0.39 is 0 Å². The van der Waals surface area contributed by atoms with Crippen LogP contribution in [0.1, 0.15) is 42.9 Å². The number of hydrogen-bond acceptors (Lipinski definition) is 2. The molecule has 1 aromatic rings. The van der Waals surface area contributed by atoms with Gasteiger partial charge < -0.3 is 0 Å². The highest BCUT2D eigenvalue weighted by Crippen LogP contribution is 2.60. The minimum absolute atomic E-state index is 0.119. The molecule has 0 heterocycles. The van der Waals surface area contributed by atoms with Crippen molar-refractivity contribution in [1.82, 2.24) is 5.43 Å². The highest BCUT2D eigenvalue weighted by atomic mass is 19.1. The first-order chi connectivity index (χ1) is 8.72. The van der Waals surface area contributed by atoms with Crippen LogP contribution < -0.4 is 11.3 Å². The topological polar surface area (TPSA) is 38.0 Å². The van der Waals surface area contributed by atoms with Crippen LogP contribution in [0, 0.1) is 30.5 Å². The molecule has 2 aliphatic rings. The van der Waals surface area contributed by atoms with E-state index in [1.54, 1.807) is 6.07 Å². The second-order valence-corrected chi connectivity index (χ2v) is 5.83. The van der Waals surface area contributed by atoms with Gasteiger partial charge in [-0.1, -0.05) is 18.9 Å². The smallest absolute Gasteiger partial charge is 0.123 e. The van der Waals surface area contributed by atoms with Gasteiger partial charge in [0.15, 0.2) is 0 Å². The SMILES string of the molecule is Cc1ccc(F)cc1C(NN)C1C2CCCCC21. The fraction of sp³-hybridized carbons (Fsp3) is 0.600. The van der Waals surface area contributed by atoms with Crippen LogP contribution in [-0.2, 0) is 0 Å². The Bertz CT molecular complexity index is 434. The van der Waals surface area contributed by atoms with Gasteiger partial charge >= 0.3 is 0 Å². The molecule has 98 valence electrons. The van der Waals surface area contributed by atoms with Crippen molar-refractivity contribution in [3.63, 3.8) is 0 Å². The number of hydrogen-bond donors (Lipinski definition) is 2. The molecule has 3 atom stereocenters. The molecule has 3 unspecified atom stereocenters. The van der Waals surface area contributed by atoms with Crippen molar-refractivity contribution in [3.05, 3.63) is 35.1 Å². The highest BCUT2D eigenvalue weighted by molar-refractivity contribution is 5.32. The maximum absolute atomic E-state index is 13.4. The molecule has 0 amide bonds. The maximum Gasteiger partial charge on any atom is 0.123 e. The number of nitrogens with one attached hydrogen (secondary N) is 1. The molecule has 3 N–H and O–H groups in total. The lowest BCUT2D eigenvalue weighted by Crippen LogP contribution is -2.31. The summed E-state index contributed by atoms with van der Waals surface area (Å²) < 4.78 is 13.4. The Morgan fingerprint density at radius 2 is 1.94 bits per heavy atom. The van der Waals surface area contributed by atoms with Crippen LogP contribution in [0.15, 0.2) is 18.2 Å². The summed E-state index contributed by atoms with van der Waals surface area (Å²) in [5, 5.41) is 0. The monoisotopic (exact) mass is 248 g/mol. The predicted molar refractivity (Wildman–Crippen MR) is 70.1 cm³/mol. The van der Waals surface area contributed by atoms with E-state index in [0.29, 0.717) is 5.92 Å². The van der Waals surface area contributed by atoms with E-state index >= 15 is 0 Å². The fourth-order valence-electron chi connectivity index (χ4n) is 3.90. The summed E-state index contributed by atoms with van der Waals surface area (Å²) in [5.74, 6) is 7.80. The summed E-state index contributed by atoms with van der Waals surface area (Å²) in [5.41, 5.74) is 5.10. The second kappa shape index (κ2) is 4.63. The van der Waals surface area contributed by atoms with Crippen molar-refractivity contribution in [3.8, 4) is 0 Å². The van der Waals surface area contributed by atoms with Gasteiger partial charge in [-0.3, -0.25) is 11.3 Å². The Balaban J connectivity index is 1.86. The molecular formula is C15H21FN2. The maximum atomic E-state index is 13.4. The quantitative estimate of drug-likeness (QED) is 0.637. The van der Waals surface area contributed by atoms with Crippen LogP contribution in [0.2, 0.25) is 0 Å². The zero-order chi connectivity index (χ0) is 12.7. The lowest BCUT2D eigenvalue weighted by atomic mass is 9.96. The van der Waals surface area contributed by atoms with E-state index in [-0.39, 0.29) is 11.9 Å². The van der Waals surface area contributed by atoms with Crippen molar-refractivity contribution in [1.29, 1.82) is 0 Å².